The Balaban J connectivity index is 1.53. The molecule has 0 saturated carbocycles. The molecule has 2 N–H and O–H groups in total. The van der Waals surface area contributed by atoms with Gasteiger partial charge in [0.2, 0.25) is 11.8 Å². The summed E-state index contributed by atoms with van der Waals surface area (Å²) in [5, 5.41) is 5.91. The molecule has 44 heavy (non-hydrogen) atoms. The molecule has 1 aliphatic heterocycles. The number of cyclic esters (lactones) is 2. The van der Waals surface area contributed by atoms with Gasteiger partial charge >= 0.3 is 11.9 Å². The number of nitrogens with one attached hydrogen (secondary N) is 2. The van der Waals surface area contributed by atoms with Crippen LogP contribution in [0.25, 0.3) is 0 Å². The predicted octanol–water partition coefficient (Wildman–Crippen LogP) is 2.23. The van der Waals surface area contributed by atoms with Crippen molar-refractivity contribution in [3.05, 3.63) is 58.7 Å². The van der Waals surface area contributed by atoms with E-state index < -0.39 is 11.9 Å². The fourth-order valence-corrected chi connectivity index (χ4v) is 4.69. The zero-order valence-electron chi connectivity index (χ0n) is 26.1. The number of para-hydroxylation sites is 2. The molecule has 1 heterocycles. The van der Waals surface area contributed by atoms with Crippen molar-refractivity contribution >= 4 is 35.1 Å². The highest BCUT2D eigenvalue weighted by Gasteiger charge is 2.17. The maximum absolute atomic E-state index is 12.8. The fourth-order valence-electron chi connectivity index (χ4n) is 4.69. The molecule has 0 spiro atoms. The predicted molar refractivity (Wildman–Crippen MR) is 166 cm³/mol. The minimum absolute atomic E-state index is 0.0166. The highest BCUT2D eigenvalue weighted by Crippen LogP contribution is 2.20. The van der Waals surface area contributed by atoms with Crippen LogP contribution in [0.15, 0.2) is 36.4 Å². The van der Waals surface area contributed by atoms with Crippen molar-refractivity contribution in [2.75, 3.05) is 89.5 Å². The van der Waals surface area contributed by atoms with Gasteiger partial charge < -0.3 is 29.6 Å². The first-order valence-corrected chi connectivity index (χ1v) is 14.8. The zero-order valence-corrected chi connectivity index (χ0v) is 26.1. The molecule has 0 atom stereocenters. The van der Waals surface area contributed by atoms with Crippen LogP contribution in [-0.2, 0) is 38.1 Å². The number of hydrogen-bond acceptors (Lipinski definition) is 10. The summed E-state index contributed by atoms with van der Waals surface area (Å²) in [7, 11) is 0. The minimum Gasteiger partial charge on any atom is -0.463 e. The van der Waals surface area contributed by atoms with Crippen molar-refractivity contribution in [1.82, 2.24) is 9.80 Å². The van der Waals surface area contributed by atoms with E-state index in [1.165, 1.54) is 0 Å². The molecule has 2 amide bonds. The quantitative estimate of drug-likeness (QED) is 0.468. The smallest absolute Gasteiger partial charge is 0.332 e. The second-order valence-corrected chi connectivity index (χ2v) is 10.7. The fraction of sp³-hybridized carbons (Fsp3) is 0.500. The van der Waals surface area contributed by atoms with Crippen LogP contribution in [0.2, 0.25) is 0 Å². The molecule has 1 saturated heterocycles. The SMILES string of the molecule is Cc1cccc(C)c1NC(=O)CN1CCOCC(=O)OCCN(CC(=O)Nc2c(C)cccc2C)CCOC(=O)COCC1. The third-order valence-corrected chi connectivity index (χ3v) is 7.11. The number of benzene rings is 2. The third-order valence-electron chi connectivity index (χ3n) is 7.11. The highest BCUT2D eigenvalue weighted by molar-refractivity contribution is 5.94. The van der Waals surface area contributed by atoms with Gasteiger partial charge in [0.05, 0.1) is 26.3 Å². The van der Waals surface area contributed by atoms with Crippen molar-refractivity contribution in [3.8, 4) is 0 Å². The summed E-state index contributed by atoms with van der Waals surface area (Å²) in [5.41, 5.74) is 5.36. The molecule has 12 heteroatoms. The van der Waals surface area contributed by atoms with E-state index in [1.54, 1.807) is 4.90 Å². The van der Waals surface area contributed by atoms with Crippen molar-refractivity contribution in [2.45, 2.75) is 27.7 Å². The topological polar surface area (TPSA) is 136 Å². The molecule has 0 bridgehead atoms. The monoisotopic (exact) mass is 612 g/mol. The highest BCUT2D eigenvalue weighted by atomic mass is 16.6. The number of anilines is 2. The summed E-state index contributed by atoms with van der Waals surface area (Å²) < 4.78 is 21.7. The van der Waals surface area contributed by atoms with Crippen LogP contribution in [0, 0.1) is 27.7 Å². The molecule has 0 aliphatic carbocycles. The molecule has 2 aromatic rings. The Labute approximate surface area is 259 Å². The van der Waals surface area contributed by atoms with E-state index in [4.69, 9.17) is 18.9 Å². The second kappa shape index (κ2) is 18.1. The van der Waals surface area contributed by atoms with Gasteiger partial charge in [-0.3, -0.25) is 19.4 Å². The average Bonchev–Trinajstić information content (AvgIpc) is 2.96. The molecule has 240 valence electrons. The van der Waals surface area contributed by atoms with Crippen LogP contribution in [0.3, 0.4) is 0 Å². The number of ether oxygens (including phenoxy) is 4. The number of hydrogen-bond donors (Lipinski definition) is 2. The Morgan fingerprint density at radius 3 is 1.32 bits per heavy atom. The van der Waals surface area contributed by atoms with Crippen molar-refractivity contribution in [1.29, 1.82) is 0 Å². The summed E-state index contributed by atoms with van der Waals surface area (Å²) in [6.45, 7) is 8.92. The van der Waals surface area contributed by atoms with Gasteiger partial charge in [-0.05, 0) is 49.9 Å². The number of carbonyl (C=O) groups is 4. The number of aryl methyl sites for hydroxylation is 4. The first-order chi connectivity index (χ1) is 21.1. The van der Waals surface area contributed by atoms with Gasteiger partial charge in [-0.25, -0.2) is 9.59 Å². The second-order valence-electron chi connectivity index (χ2n) is 10.7. The Morgan fingerprint density at radius 2 is 0.955 bits per heavy atom. The van der Waals surface area contributed by atoms with Crippen LogP contribution < -0.4 is 10.6 Å². The van der Waals surface area contributed by atoms with Crippen molar-refractivity contribution in [3.63, 3.8) is 0 Å². The molecule has 1 aliphatic rings. The van der Waals surface area contributed by atoms with Crippen molar-refractivity contribution in [2.24, 2.45) is 0 Å². The Morgan fingerprint density at radius 1 is 0.614 bits per heavy atom. The number of carbonyl (C=O) groups excluding carboxylic acids is 4. The van der Waals surface area contributed by atoms with E-state index in [0.717, 1.165) is 33.6 Å². The number of rotatable bonds is 6. The number of nitrogens with zero attached hydrogens (tertiary/aromatic N) is 2. The summed E-state index contributed by atoms with van der Waals surface area (Å²) in [6, 6.07) is 11.6. The van der Waals surface area contributed by atoms with Gasteiger partial charge in [0, 0.05) is 37.6 Å². The molecule has 0 unspecified atom stereocenters. The number of esters is 2. The molecule has 0 radical (unpaired) electrons. The van der Waals surface area contributed by atoms with Gasteiger partial charge in [-0.1, -0.05) is 36.4 Å². The minimum atomic E-state index is -0.542. The molecular weight excluding hydrogens is 568 g/mol. The lowest BCUT2D eigenvalue weighted by Crippen LogP contribution is -2.39. The lowest BCUT2D eigenvalue weighted by Gasteiger charge is -2.23. The normalized spacial score (nSPS) is 17.1. The van der Waals surface area contributed by atoms with Crippen LogP contribution in [-0.4, -0.2) is 112 Å². The summed E-state index contributed by atoms with van der Waals surface area (Å²) in [5.74, 6) is -1.52. The van der Waals surface area contributed by atoms with Crippen LogP contribution in [0.4, 0.5) is 11.4 Å². The van der Waals surface area contributed by atoms with Gasteiger partial charge in [0.1, 0.15) is 26.4 Å². The van der Waals surface area contributed by atoms with Crippen LogP contribution in [0.1, 0.15) is 22.3 Å². The Kier molecular flexibility index (Phi) is 14.2. The van der Waals surface area contributed by atoms with E-state index in [9.17, 15) is 19.2 Å². The molecule has 3 rings (SSSR count). The standard InChI is InChI=1S/C32H44N4O8/c1-23-7-5-8-24(2)31(23)33-27(37)19-35-11-15-41-21-29(39)43-17-13-36(14-18-44-30(40)22-42-16-12-35)20-28(38)34-32-25(3)9-6-10-26(32)4/h5-10H,11-22H2,1-4H3,(H,33,37)(H,34,38). The van der Waals surface area contributed by atoms with E-state index in [-0.39, 0.29) is 77.6 Å². The lowest BCUT2D eigenvalue weighted by atomic mass is 10.1. The number of amides is 2. The Hall–Kier alpha value is -3.84. The molecule has 2 aromatic carbocycles. The van der Waals surface area contributed by atoms with Crippen LogP contribution >= 0.6 is 0 Å². The van der Waals surface area contributed by atoms with Crippen molar-refractivity contribution < 1.29 is 38.1 Å². The van der Waals surface area contributed by atoms with Gasteiger partial charge in [-0.15, -0.1) is 0 Å². The zero-order chi connectivity index (χ0) is 31.9. The maximum atomic E-state index is 12.8. The largest absolute Gasteiger partial charge is 0.463 e. The van der Waals surface area contributed by atoms with E-state index in [0.29, 0.717) is 13.1 Å². The van der Waals surface area contributed by atoms with Gasteiger partial charge in [0.15, 0.2) is 0 Å². The molecule has 0 aromatic heterocycles. The van der Waals surface area contributed by atoms with E-state index in [1.807, 2.05) is 69.0 Å². The van der Waals surface area contributed by atoms with Gasteiger partial charge in [0.25, 0.3) is 0 Å². The first-order valence-electron chi connectivity index (χ1n) is 14.8. The molecule has 1 fully saturated rings. The molecule has 12 nitrogen and oxygen atoms in total. The summed E-state index contributed by atoms with van der Waals surface area (Å²) >= 11 is 0. The first kappa shape index (κ1) is 34.6. The average molecular weight is 613 g/mol. The Bertz CT molecular complexity index is 1210. The third kappa shape index (κ3) is 12.0. The van der Waals surface area contributed by atoms with E-state index >= 15 is 0 Å². The molecular formula is C32H44N4O8. The summed E-state index contributed by atoms with van der Waals surface area (Å²) in [6.07, 6.45) is 0. The lowest BCUT2D eigenvalue weighted by molar-refractivity contribution is -0.150. The van der Waals surface area contributed by atoms with Gasteiger partial charge in [-0.2, -0.15) is 0 Å². The summed E-state index contributed by atoms with van der Waals surface area (Å²) in [4.78, 5) is 53.8. The van der Waals surface area contributed by atoms with E-state index in [2.05, 4.69) is 10.6 Å². The maximum Gasteiger partial charge on any atom is 0.332 e. The van der Waals surface area contributed by atoms with Crippen LogP contribution in [0.5, 0.6) is 0 Å².